The van der Waals surface area contributed by atoms with Gasteiger partial charge in [0.2, 0.25) is 0 Å². The maximum absolute atomic E-state index is 10.7. The van der Waals surface area contributed by atoms with Crippen molar-refractivity contribution in [2.75, 3.05) is 0 Å². The van der Waals surface area contributed by atoms with Crippen molar-refractivity contribution in [1.82, 2.24) is 0 Å². The Morgan fingerprint density at radius 3 is 2.46 bits per heavy atom. The molecule has 10 nitrogen and oxygen atoms in total. The van der Waals surface area contributed by atoms with Crippen LogP contribution in [-0.2, 0) is 22.6 Å². The van der Waals surface area contributed by atoms with Gasteiger partial charge < -0.3 is 9.63 Å². The predicted molar refractivity (Wildman–Crippen MR) is 33.5 cm³/mol. The number of nitrogens with zero attached hydrogens (tertiary/aromatic N) is 1. The third-order valence-corrected chi connectivity index (χ3v) is 2.27. The smallest absolute Gasteiger partial charge is 0.449 e. The molecule has 1 N–H and O–H groups in total. The molecule has 0 rings (SSSR count). The molecule has 1 atom stereocenters. The van der Waals surface area contributed by atoms with Gasteiger partial charge in [0.25, 0.3) is 0 Å². The van der Waals surface area contributed by atoms with Gasteiger partial charge in [-0.3, -0.25) is 0 Å². The highest BCUT2D eigenvalue weighted by molar-refractivity contribution is 7.54. The van der Waals surface area contributed by atoms with Crippen molar-refractivity contribution < 1.29 is 37.6 Å². The van der Waals surface area contributed by atoms with Crippen molar-refractivity contribution in [2.24, 2.45) is 0 Å². The molecule has 0 fully saturated rings. The molecule has 0 saturated carbocycles. The summed E-state index contributed by atoms with van der Waals surface area (Å²) in [5.41, 5.74) is 0. The van der Waals surface area contributed by atoms with Crippen molar-refractivity contribution in [2.45, 2.75) is 0 Å². The van der Waals surface area contributed by atoms with Crippen LogP contribution < -0.4 is 0 Å². The zero-order valence-corrected chi connectivity index (χ0v) is 7.34. The van der Waals surface area contributed by atoms with Crippen LogP contribution in [0, 0.1) is 10.1 Å². The average Bonchev–Trinajstić information content (AvgIpc) is 1.81. The van der Waals surface area contributed by atoms with Crippen molar-refractivity contribution in [1.29, 1.82) is 0 Å². The SMILES string of the molecule is O=POP(=O)(OC(=O)O)O[N+](=O)[O-]. The molecule has 0 aliphatic rings. The number of carbonyl (C=O) groups is 1. The maximum atomic E-state index is 10.7. The first-order chi connectivity index (χ1) is 5.89. The van der Waals surface area contributed by atoms with E-state index in [9.17, 15) is 24.0 Å². The van der Waals surface area contributed by atoms with Gasteiger partial charge in [0.15, 0.2) is 0 Å². The van der Waals surface area contributed by atoms with E-state index < -0.39 is 27.8 Å². The Labute approximate surface area is 71.4 Å². The highest BCUT2D eigenvalue weighted by atomic mass is 31.2. The molecule has 0 aliphatic heterocycles. The van der Waals surface area contributed by atoms with Gasteiger partial charge in [-0.2, -0.15) is 8.94 Å². The van der Waals surface area contributed by atoms with E-state index in [1.165, 1.54) is 0 Å². The van der Waals surface area contributed by atoms with Gasteiger partial charge in [-0.1, -0.05) is 0 Å². The molecule has 0 amide bonds. The Morgan fingerprint density at radius 1 is 1.62 bits per heavy atom. The number of rotatable bonds is 5. The lowest BCUT2D eigenvalue weighted by Gasteiger charge is -2.07. The lowest BCUT2D eigenvalue weighted by Crippen LogP contribution is -2.05. The van der Waals surface area contributed by atoms with E-state index in [1.54, 1.807) is 0 Å². The van der Waals surface area contributed by atoms with Crippen LogP contribution in [0.4, 0.5) is 4.79 Å². The van der Waals surface area contributed by atoms with Gasteiger partial charge in [0.1, 0.15) is 0 Å². The first-order valence-electron chi connectivity index (χ1n) is 2.28. The summed E-state index contributed by atoms with van der Waals surface area (Å²) in [5.74, 6) is 0. The topological polar surface area (TPSA) is 142 Å². The minimum atomic E-state index is -4.96. The third-order valence-electron chi connectivity index (χ3n) is 0.490. The summed E-state index contributed by atoms with van der Waals surface area (Å²) in [6.45, 7) is 0. The average molecular weight is 233 g/mol. The largest absolute Gasteiger partial charge is 0.575 e. The molecule has 0 aromatic carbocycles. The van der Waals surface area contributed by atoms with Gasteiger partial charge in [0, 0.05) is 0 Å². The summed E-state index contributed by atoms with van der Waals surface area (Å²) in [4.78, 5) is 19.4. The van der Waals surface area contributed by atoms with Crippen LogP contribution in [0.5, 0.6) is 0 Å². The second-order valence-corrected chi connectivity index (χ2v) is 3.31. The lowest BCUT2D eigenvalue weighted by molar-refractivity contribution is -0.717. The van der Waals surface area contributed by atoms with Crippen LogP contribution in [0.15, 0.2) is 0 Å². The summed E-state index contributed by atoms with van der Waals surface area (Å²) < 4.78 is 30.6. The molecule has 0 aliphatic carbocycles. The Balaban J connectivity index is 4.51. The van der Waals surface area contributed by atoms with Crippen LogP contribution in [0.1, 0.15) is 0 Å². The van der Waals surface area contributed by atoms with E-state index in [0.717, 1.165) is 0 Å². The van der Waals surface area contributed by atoms with E-state index >= 15 is 0 Å². The zero-order chi connectivity index (χ0) is 10.5. The summed E-state index contributed by atoms with van der Waals surface area (Å²) in [6, 6.07) is 0. The molecule has 13 heavy (non-hydrogen) atoms. The van der Waals surface area contributed by atoms with Gasteiger partial charge >= 0.3 is 27.8 Å². The maximum Gasteiger partial charge on any atom is 0.575 e. The third kappa shape index (κ3) is 5.07. The van der Waals surface area contributed by atoms with E-state index in [-0.39, 0.29) is 0 Å². The molecule has 0 bridgehead atoms. The van der Waals surface area contributed by atoms with Crippen molar-refractivity contribution in [3.63, 3.8) is 0 Å². The molecular formula is CHNO9P2. The standard InChI is InChI=1S/CHNO9P2/c3-1(4)9-13(8,11-12-7)10-2(5)6/h(H,3,4). The number of hydrogen-bond acceptors (Lipinski definition) is 8. The van der Waals surface area contributed by atoms with Crippen LogP contribution in [0.25, 0.3) is 0 Å². The number of hydrogen-bond donors (Lipinski definition) is 1. The first-order valence-corrected chi connectivity index (χ1v) is 4.47. The molecule has 0 heterocycles. The molecule has 1 unspecified atom stereocenters. The van der Waals surface area contributed by atoms with Gasteiger partial charge in [-0.15, -0.1) is 10.1 Å². The van der Waals surface area contributed by atoms with E-state index in [2.05, 4.69) is 13.5 Å². The van der Waals surface area contributed by atoms with E-state index in [1.807, 2.05) is 0 Å². The molecule has 0 aromatic heterocycles. The summed E-state index contributed by atoms with van der Waals surface area (Å²) in [7, 11) is -6.24. The molecular weight excluding hydrogens is 232 g/mol. The monoisotopic (exact) mass is 233 g/mol. The van der Waals surface area contributed by atoms with E-state index in [4.69, 9.17) is 5.11 Å². The zero-order valence-electron chi connectivity index (χ0n) is 5.55. The van der Waals surface area contributed by atoms with Crippen molar-refractivity contribution in [3.8, 4) is 0 Å². The van der Waals surface area contributed by atoms with Crippen LogP contribution in [0.3, 0.4) is 0 Å². The second-order valence-electron chi connectivity index (χ2n) is 1.27. The van der Waals surface area contributed by atoms with Gasteiger partial charge in [-0.25, -0.2) is 13.9 Å². The Hall–Kier alpha value is -1.24. The quantitative estimate of drug-likeness (QED) is 0.420. The molecule has 0 spiro atoms. The second kappa shape index (κ2) is 4.70. The molecule has 12 heteroatoms. The van der Waals surface area contributed by atoms with Crippen molar-refractivity contribution in [3.05, 3.63) is 10.1 Å². The summed E-state index contributed by atoms with van der Waals surface area (Å²) >= 11 is 0. The fourth-order valence-corrected chi connectivity index (χ4v) is 1.23. The highest BCUT2D eigenvalue weighted by Gasteiger charge is 2.35. The van der Waals surface area contributed by atoms with Crippen molar-refractivity contribution >= 4 is 22.7 Å². The Morgan fingerprint density at radius 2 is 2.15 bits per heavy atom. The fourth-order valence-electron chi connectivity index (χ4n) is 0.266. The number of phosphoric acid groups is 1. The minimum Gasteiger partial charge on any atom is -0.449 e. The fraction of sp³-hybridized carbons (Fsp3) is 0. The van der Waals surface area contributed by atoms with E-state index in [0.29, 0.717) is 0 Å². The Kier molecular flexibility index (Phi) is 4.26. The van der Waals surface area contributed by atoms with Gasteiger partial charge in [0.05, 0.1) is 0 Å². The molecule has 0 radical (unpaired) electrons. The van der Waals surface area contributed by atoms with Gasteiger partial charge in [-0.05, 0) is 0 Å². The summed E-state index contributed by atoms with van der Waals surface area (Å²) in [5, 5.41) is 15.9. The predicted octanol–water partition coefficient (Wildman–Crippen LogP) is 1.22. The van der Waals surface area contributed by atoms with Crippen LogP contribution in [0.2, 0.25) is 0 Å². The van der Waals surface area contributed by atoms with Crippen LogP contribution >= 0.6 is 16.5 Å². The Bertz CT molecular complexity index is 251. The minimum absolute atomic E-state index is 1.28. The van der Waals surface area contributed by atoms with Crippen LogP contribution in [-0.4, -0.2) is 16.3 Å². The first kappa shape index (κ1) is 11.8. The normalized spacial score (nSPS) is 14.5. The molecule has 0 aromatic rings. The number of carboxylic acid groups (broad SMARTS) is 1. The lowest BCUT2D eigenvalue weighted by atomic mass is 11.5. The highest BCUT2D eigenvalue weighted by Crippen LogP contribution is 2.52. The summed E-state index contributed by atoms with van der Waals surface area (Å²) in [6.07, 6.45) is -2.13. The molecule has 74 valence electrons. The molecule has 0 saturated heterocycles.